The summed E-state index contributed by atoms with van der Waals surface area (Å²) in [6, 6.07) is 19.0. The minimum absolute atomic E-state index is 0.0506. The standard InChI is InChI=1S/C22H22ClN3O2/c1-15-25-19(13-22(28)26-15)11-12-24-21(27)14-20(16-5-3-2-4-6-16)17-7-9-18(23)10-8-17/h2-10,13,20H,11-12,14H2,1H3,(H,24,27)(H,25,26,28)/t20-/m1/s1. The first kappa shape index (κ1) is 19.8. The van der Waals surface area contributed by atoms with Crippen LogP contribution in [0.15, 0.2) is 65.5 Å². The van der Waals surface area contributed by atoms with E-state index in [-0.39, 0.29) is 17.4 Å². The number of aryl methyl sites for hydroxylation is 1. The third-order valence-corrected chi connectivity index (χ3v) is 4.73. The van der Waals surface area contributed by atoms with Gasteiger partial charge < -0.3 is 10.3 Å². The molecule has 0 saturated carbocycles. The van der Waals surface area contributed by atoms with Crippen molar-refractivity contribution in [3.8, 4) is 0 Å². The summed E-state index contributed by atoms with van der Waals surface area (Å²) >= 11 is 6.01. The van der Waals surface area contributed by atoms with E-state index in [1.165, 1.54) is 6.07 Å². The fourth-order valence-corrected chi connectivity index (χ4v) is 3.29. The number of nitrogens with zero attached hydrogens (tertiary/aromatic N) is 1. The van der Waals surface area contributed by atoms with Crippen molar-refractivity contribution in [2.75, 3.05) is 6.54 Å². The molecule has 0 unspecified atom stereocenters. The molecular weight excluding hydrogens is 374 g/mol. The molecule has 0 saturated heterocycles. The molecule has 2 aromatic carbocycles. The van der Waals surface area contributed by atoms with Gasteiger partial charge in [0.15, 0.2) is 0 Å². The summed E-state index contributed by atoms with van der Waals surface area (Å²) in [5, 5.41) is 3.60. The number of carbonyl (C=O) groups excluding carboxylic acids is 1. The van der Waals surface area contributed by atoms with Gasteiger partial charge in [0, 0.05) is 42.1 Å². The molecule has 144 valence electrons. The summed E-state index contributed by atoms with van der Waals surface area (Å²) in [6.45, 7) is 2.16. The molecule has 3 aromatic rings. The smallest absolute Gasteiger partial charge is 0.251 e. The second-order valence-electron chi connectivity index (χ2n) is 6.64. The van der Waals surface area contributed by atoms with Crippen LogP contribution in [0.2, 0.25) is 5.02 Å². The number of benzene rings is 2. The maximum absolute atomic E-state index is 12.6. The van der Waals surface area contributed by atoms with Crippen molar-refractivity contribution in [2.45, 2.75) is 25.7 Å². The van der Waals surface area contributed by atoms with Crippen LogP contribution < -0.4 is 10.9 Å². The normalized spacial score (nSPS) is 11.8. The molecule has 28 heavy (non-hydrogen) atoms. The summed E-state index contributed by atoms with van der Waals surface area (Å²) in [7, 11) is 0. The van der Waals surface area contributed by atoms with Gasteiger partial charge in [-0.25, -0.2) is 4.98 Å². The molecule has 1 aromatic heterocycles. The van der Waals surface area contributed by atoms with Crippen LogP contribution >= 0.6 is 11.6 Å². The largest absolute Gasteiger partial charge is 0.356 e. The van der Waals surface area contributed by atoms with Crippen molar-refractivity contribution in [3.63, 3.8) is 0 Å². The van der Waals surface area contributed by atoms with Gasteiger partial charge in [-0.1, -0.05) is 54.1 Å². The molecule has 3 rings (SSSR count). The third-order valence-electron chi connectivity index (χ3n) is 4.48. The fourth-order valence-electron chi connectivity index (χ4n) is 3.17. The highest BCUT2D eigenvalue weighted by Gasteiger charge is 2.18. The first-order chi connectivity index (χ1) is 13.5. The minimum Gasteiger partial charge on any atom is -0.356 e. The summed E-state index contributed by atoms with van der Waals surface area (Å²) in [5.74, 6) is 0.462. The monoisotopic (exact) mass is 395 g/mol. The Morgan fingerprint density at radius 3 is 2.46 bits per heavy atom. The minimum atomic E-state index is -0.180. The molecule has 0 aliphatic rings. The average molecular weight is 396 g/mol. The first-order valence-electron chi connectivity index (χ1n) is 9.15. The number of H-pyrrole nitrogens is 1. The van der Waals surface area contributed by atoms with Crippen LogP contribution in [0.1, 0.15) is 35.0 Å². The SMILES string of the molecule is Cc1nc(CCNC(=O)C[C@H](c2ccccc2)c2ccc(Cl)cc2)cc(=O)[nH]1. The van der Waals surface area contributed by atoms with Crippen molar-refractivity contribution in [3.05, 3.63) is 98.7 Å². The van der Waals surface area contributed by atoms with E-state index in [1.807, 2.05) is 54.6 Å². The molecule has 1 heterocycles. The molecule has 0 spiro atoms. The van der Waals surface area contributed by atoms with Crippen LogP contribution in [0.4, 0.5) is 0 Å². The number of aromatic nitrogens is 2. The van der Waals surface area contributed by atoms with E-state index >= 15 is 0 Å². The van der Waals surface area contributed by atoms with E-state index in [9.17, 15) is 9.59 Å². The highest BCUT2D eigenvalue weighted by molar-refractivity contribution is 6.30. The topological polar surface area (TPSA) is 74.8 Å². The quantitative estimate of drug-likeness (QED) is 0.641. The molecule has 0 radical (unpaired) electrons. The van der Waals surface area contributed by atoms with E-state index in [0.717, 1.165) is 11.1 Å². The number of hydrogen-bond donors (Lipinski definition) is 2. The number of aromatic amines is 1. The second kappa shape index (κ2) is 9.33. The number of rotatable bonds is 7. The maximum Gasteiger partial charge on any atom is 0.251 e. The molecule has 5 nitrogen and oxygen atoms in total. The lowest BCUT2D eigenvalue weighted by atomic mass is 9.88. The van der Waals surface area contributed by atoms with Crippen LogP contribution in [0.5, 0.6) is 0 Å². The molecule has 0 aliphatic carbocycles. The second-order valence-corrected chi connectivity index (χ2v) is 7.08. The van der Waals surface area contributed by atoms with Crippen molar-refractivity contribution in [1.29, 1.82) is 0 Å². The Balaban J connectivity index is 1.66. The molecule has 0 aliphatic heterocycles. The van der Waals surface area contributed by atoms with Gasteiger partial charge >= 0.3 is 0 Å². The zero-order chi connectivity index (χ0) is 19.9. The van der Waals surface area contributed by atoms with Gasteiger partial charge in [0.05, 0.1) is 0 Å². The predicted octanol–water partition coefficient (Wildman–Crippen LogP) is 3.61. The summed E-state index contributed by atoms with van der Waals surface area (Å²) < 4.78 is 0. The highest BCUT2D eigenvalue weighted by atomic mass is 35.5. The number of halogens is 1. The Hall–Kier alpha value is -2.92. The van der Waals surface area contributed by atoms with E-state index in [2.05, 4.69) is 15.3 Å². The molecule has 1 amide bonds. The van der Waals surface area contributed by atoms with Gasteiger partial charge in [-0.05, 0) is 30.2 Å². The summed E-state index contributed by atoms with van der Waals surface area (Å²) in [4.78, 5) is 31.0. The lowest BCUT2D eigenvalue weighted by molar-refractivity contribution is -0.121. The molecular formula is C22H22ClN3O2. The number of hydrogen-bond acceptors (Lipinski definition) is 3. The molecule has 0 bridgehead atoms. The van der Waals surface area contributed by atoms with Crippen LogP contribution in [0.3, 0.4) is 0 Å². The average Bonchev–Trinajstić information content (AvgIpc) is 2.67. The first-order valence-corrected chi connectivity index (χ1v) is 9.53. The summed E-state index contributed by atoms with van der Waals surface area (Å²) in [5.41, 5.74) is 2.60. The van der Waals surface area contributed by atoms with Crippen LogP contribution in [0, 0.1) is 6.92 Å². The van der Waals surface area contributed by atoms with Crippen molar-refractivity contribution in [2.24, 2.45) is 0 Å². The Kier molecular flexibility index (Phi) is 6.61. The lowest BCUT2D eigenvalue weighted by Crippen LogP contribution is -2.28. The van der Waals surface area contributed by atoms with Gasteiger partial charge in [0.25, 0.3) is 5.56 Å². The number of amides is 1. The van der Waals surface area contributed by atoms with E-state index in [0.29, 0.717) is 35.9 Å². The molecule has 2 N–H and O–H groups in total. The Morgan fingerprint density at radius 1 is 1.11 bits per heavy atom. The van der Waals surface area contributed by atoms with Gasteiger partial charge in [0.2, 0.25) is 5.91 Å². The van der Waals surface area contributed by atoms with Crippen molar-refractivity contribution in [1.82, 2.24) is 15.3 Å². The van der Waals surface area contributed by atoms with Gasteiger partial charge in [-0.15, -0.1) is 0 Å². The molecule has 0 fully saturated rings. The number of carbonyl (C=O) groups is 1. The Morgan fingerprint density at radius 2 is 1.79 bits per heavy atom. The van der Waals surface area contributed by atoms with E-state index < -0.39 is 0 Å². The highest BCUT2D eigenvalue weighted by Crippen LogP contribution is 2.28. The molecule has 6 heteroatoms. The van der Waals surface area contributed by atoms with Crippen LogP contribution in [-0.2, 0) is 11.2 Å². The third kappa shape index (κ3) is 5.54. The lowest BCUT2D eigenvalue weighted by Gasteiger charge is -2.18. The van der Waals surface area contributed by atoms with Crippen LogP contribution in [0.25, 0.3) is 0 Å². The van der Waals surface area contributed by atoms with Crippen LogP contribution in [-0.4, -0.2) is 22.4 Å². The van der Waals surface area contributed by atoms with Crippen molar-refractivity contribution < 1.29 is 4.79 Å². The van der Waals surface area contributed by atoms with E-state index in [1.54, 1.807) is 6.92 Å². The van der Waals surface area contributed by atoms with Gasteiger partial charge in [0.1, 0.15) is 5.82 Å². The zero-order valence-electron chi connectivity index (χ0n) is 15.6. The van der Waals surface area contributed by atoms with E-state index in [4.69, 9.17) is 11.6 Å². The summed E-state index contributed by atoms with van der Waals surface area (Å²) in [6.07, 6.45) is 0.834. The predicted molar refractivity (Wildman–Crippen MR) is 111 cm³/mol. The van der Waals surface area contributed by atoms with Gasteiger partial charge in [-0.2, -0.15) is 0 Å². The Bertz CT molecular complexity index is 985. The fraction of sp³-hybridized carbons (Fsp3) is 0.227. The van der Waals surface area contributed by atoms with Gasteiger partial charge in [-0.3, -0.25) is 9.59 Å². The number of nitrogens with one attached hydrogen (secondary N) is 2. The Labute approximate surface area is 168 Å². The van der Waals surface area contributed by atoms with Crippen molar-refractivity contribution >= 4 is 17.5 Å². The maximum atomic E-state index is 12.6. The molecule has 1 atom stereocenters. The zero-order valence-corrected chi connectivity index (χ0v) is 16.4.